The molecule has 0 bridgehead atoms. The Morgan fingerprint density at radius 1 is 1.12 bits per heavy atom. The van der Waals surface area contributed by atoms with Gasteiger partial charge in [0.1, 0.15) is 6.10 Å². The molecule has 98 valence electrons. The van der Waals surface area contributed by atoms with Gasteiger partial charge in [-0.05, 0) is 25.7 Å². The van der Waals surface area contributed by atoms with Crippen LogP contribution in [0.5, 0.6) is 0 Å². The quantitative estimate of drug-likeness (QED) is 0.303. The van der Waals surface area contributed by atoms with Crippen molar-refractivity contribution in [3.63, 3.8) is 0 Å². The van der Waals surface area contributed by atoms with Crippen molar-refractivity contribution in [3.05, 3.63) is 25.3 Å². The minimum atomic E-state index is -0.223. The standard InChI is InChI=1S/C15H26O2/c1-4-6-7-8-9-10-11-12-13-15(5-2)17-14(3)16/h4-5,15H,1-2,6-13H2,3H3. The van der Waals surface area contributed by atoms with E-state index in [1.165, 1.54) is 39.0 Å². The minimum absolute atomic E-state index is 0.103. The van der Waals surface area contributed by atoms with Crippen molar-refractivity contribution in [2.24, 2.45) is 0 Å². The van der Waals surface area contributed by atoms with Gasteiger partial charge >= 0.3 is 5.97 Å². The van der Waals surface area contributed by atoms with Crippen LogP contribution in [0.15, 0.2) is 25.3 Å². The molecule has 1 unspecified atom stereocenters. The van der Waals surface area contributed by atoms with Gasteiger partial charge in [-0.2, -0.15) is 0 Å². The summed E-state index contributed by atoms with van der Waals surface area (Å²) >= 11 is 0. The molecule has 0 spiro atoms. The zero-order valence-corrected chi connectivity index (χ0v) is 11.1. The van der Waals surface area contributed by atoms with Crippen molar-refractivity contribution in [1.82, 2.24) is 0 Å². The van der Waals surface area contributed by atoms with Crippen LogP contribution in [-0.4, -0.2) is 12.1 Å². The predicted molar refractivity (Wildman–Crippen MR) is 72.9 cm³/mol. The predicted octanol–water partition coefficient (Wildman–Crippen LogP) is 4.41. The number of allylic oxidation sites excluding steroid dienone is 1. The Kier molecular flexibility index (Phi) is 10.7. The molecule has 0 fully saturated rings. The zero-order valence-electron chi connectivity index (χ0n) is 11.1. The van der Waals surface area contributed by atoms with E-state index in [1.807, 2.05) is 6.08 Å². The average molecular weight is 238 g/mol. The lowest BCUT2D eigenvalue weighted by molar-refractivity contribution is -0.144. The number of esters is 1. The van der Waals surface area contributed by atoms with Crippen LogP contribution in [-0.2, 0) is 9.53 Å². The molecule has 0 aromatic heterocycles. The van der Waals surface area contributed by atoms with Gasteiger partial charge in [-0.3, -0.25) is 4.79 Å². The van der Waals surface area contributed by atoms with E-state index in [-0.39, 0.29) is 12.1 Å². The van der Waals surface area contributed by atoms with Crippen molar-refractivity contribution in [2.75, 3.05) is 0 Å². The average Bonchev–Trinajstić information content (AvgIpc) is 2.30. The first-order chi connectivity index (χ1) is 8.20. The van der Waals surface area contributed by atoms with E-state index < -0.39 is 0 Å². The highest BCUT2D eigenvalue weighted by molar-refractivity contribution is 5.66. The SMILES string of the molecule is C=CCCCCCCCCC(C=C)OC(C)=O. The summed E-state index contributed by atoms with van der Waals surface area (Å²) in [6, 6.07) is 0. The van der Waals surface area contributed by atoms with E-state index in [0.717, 1.165) is 19.3 Å². The summed E-state index contributed by atoms with van der Waals surface area (Å²) in [7, 11) is 0. The van der Waals surface area contributed by atoms with E-state index in [1.54, 1.807) is 6.08 Å². The second-order valence-electron chi connectivity index (χ2n) is 4.37. The normalized spacial score (nSPS) is 11.8. The van der Waals surface area contributed by atoms with Crippen molar-refractivity contribution >= 4 is 5.97 Å². The van der Waals surface area contributed by atoms with Gasteiger partial charge in [-0.15, -0.1) is 6.58 Å². The van der Waals surface area contributed by atoms with Crippen molar-refractivity contribution in [1.29, 1.82) is 0 Å². The van der Waals surface area contributed by atoms with E-state index in [4.69, 9.17) is 4.74 Å². The minimum Gasteiger partial charge on any atom is -0.458 e. The number of unbranched alkanes of at least 4 members (excludes halogenated alkanes) is 6. The first-order valence-electron chi connectivity index (χ1n) is 6.61. The van der Waals surface area contributed by atoms with Gasteiger partial charge in [0, 0.05) is 6.92 Å². The third kappa shape index (κ3) is 11.2. The molecule has 0 aliphatic rings. The Labute approximate surface area is 106 Å². The molecular formula is C15H26O2. The fourth-order valence-corrected chi connectivity index (χ4v) is 1.78. The van der Waals surface area contributed by atoms with Crippen LogP contribution in [0.4, 0.5) is 0 Å². The molecule has 0 amide bonds. The van der Waals surface area contributed by atoms with Crippen LogP contribution in [0.3, 0.4) is 0 Å². The monoisotopic (exact) mass is 238 g/mol. The summed E-state index contributed by atoms with van der Waals surface area (Å²) in [6.07, 6.45) is 13.0. The van der Waals surface area contributed by atoms with Gasteiger partial charge in [0.05, 0.1) is 0 Å². The van der Waals surface area contributed by atoms with Crippen LogP contribution < -0.4 is 0 Å². The van der Waals surface area contributed by atoms with E-state index in [2.05, 4.69) is 13.2 Å². The Morgan fingerprint density at radius 2 is 1.71 bits per heavy atom. The van der Waals surface area contributed by atoms with Gasteiger partial charge in [-0.1, -0.05) is 44.4 Å². The molecule has 1 atom stereocenters. The molecule has 0 aliphatic carbocycles. The summed E-state index contributed by atoms with van der Waals surface area (Å²) in [4.78, 5) is 10.8. The fraction of sp³-hybridized carbons (Fsp3) is 0.667. The lowest BCUT2D eigenvalue weighted by atomic mass is 10.1. The molecule has 2 nitrogen and oxygen atoms in total. The van der Waals surface area contributed by atoms with Crippen LogP contribution in [0.1, 0.15) is 58.3 Å². The summed E-state index contributed by atoms with van der Waals surface area (Å²) in [6.45, 7) is 8.83. The Hall–Kier alpha value is -1.05. The molecule has 17 heavy (non-hydrogen) atoms. The topological polar surface area (TPSA) is 26.3 Å². The highest BCUT2D eigenvalue weighted by Crippen LogP contribution is 2.12. The Bertz CT molecular complexity index is 221. The van der Waals surface area contributed by atoms with E-state index in [0.29, 0.717) is 0 Å². The lowest BCUT2D eigenvalue weighted by Crippen LogP contribution is -2.13. The molecule has 0 heterocycles. The van der Waals surface area contributed by atoms with Crippen LogP contribution in [0.25, 0.3) is 0 Å². The van der Waals surface area contributed by atoms with Gasteiger partial charge in [0.15, 0.2) is 0 Å². The van der Waals surface area contributed by atoms with Gasteiger partial charge in [0.2, 0.25) is 0 Å². The van der Waals surface area contributed by atoms with Crippen molar-refractivity contribution in [2.45, 2.75) is 64.4 Å². The van der Waals surface area contributed by atoms with Crippen LogP contribution in [0, 0.1) is 0 Å². The highest BCUT2D eigenvalue weighted by Gasteiger charge is 2.06. The Balaban J connectivity index is 3.33. The number of ether oxygens (including phenoxy) is 1. The summed E-state index contributed by atoms with van der Waals surface area (Å²) in [5.74, 6) is -0.223. The fourth-order valence-electron chi connectivity index (χ4n) is 1.78. The largest absolute Gasteiger partial charge is 0.458 e. The van der Waals surface area contributed by atoms with Gasteiger partial charge in [0.25, 0.3) is 0 Å². The molecule has 2 heteroatoms. The third-order valence-corrected chi connectivity index (χ3v) is 2.73. The number of hydrogen-bond donors (Lipinski definition) is 0. The summed E-state index contributed by atoms with van der Waals surface area (Å²) < 4.78 is 5.09. The number of carbonyl (C=O) groups excluding carboxylic acids is 1. The summed E-state index contributed by atoms with van der Waals surface area (Å²) in [5.41, 5.74) is 0. The van der Waals surface area contributed by atoms with Crippen LogP contribution >= 0.6 is 0 Å². The number of carbonyl (C=O) groups is 1. The zero-order chi connectivity index (χ0) is 12.9. The van der Waals surface area contributed by atoms with Crippen molar-refractivity contribution in [3.8, 4) is 0 Å². The molecule has 0 saturated heterocycles. The first-order valence-corrected chi connectivity index (χ1v) is 6.61. The Morgan fingerprint density at radius 3 is 2.24 bits per heavy atom. The lowest BCUT2D eigenvalue weighted by Gasteiger charge is -2.12. The molecule has 0 rings (SSSR count). The molecule has 0 saturated carbocycles. The molecular weight excluding hydrogens is 212 g/mol. The number of rotatable bonds is 11. The number of hydrogen-bond acceptors (Lipinski definition) is 2. The second-order valence-corrected chi connectivity index (χ2v) is 4.37. The van der Waals surface area contributed by atoms with E-state index >= 15 is 0 Å². The molecule has 0 aromatic carbocycles. The molecule has 0 N–H and O–H groups in total. The van der Waals surface area contributed by atoms with Crippen LogP contribution in [0.2, 0.25) is 0 Å². The second kappa shape index (κ2) is 11.4. The highest BCUT2D eigenvalue weighted by atomic mass is 16.5. The van der Waals surface area contributed by atoms with Crippen molar-refractivity contribution < 1.29 is 9.53 Å². The maximum atomic E-state index is 10.8. The third-order valence-electron chi connectivity index (χ3n) is 2.73. The van der Waals surface area contributed by atoms with Gasteiger partial charge in [-0.25, -0.2) is 0 Å². The first kappa shape index (κ1) is 16.0. The smallest absolute Gasteiger partial charge is 0.303 e. The maximum absolute atomic E-state index is 10.8. The molecule has 0 aromatic rings. The summed E-state index contributed by atoms with van der Waals surface area (Å²) in [5, 5.41) is 0. The molecule has 0 radical (unpaired) electrons. The van der Waals surface area contributed by atoms with E-state index in [9.17, 15) is 4.79 Å². The molecule has 0 aliphatic heterocycles. The van der Waals surface area contributed by atoms with Gasteiger partial charge < -0.3 is 4.74 Å². The maximum Gasteiger partial charge on any atom is 0.303 e.